The Morgan fingerprint density at radius 1 is 0.700 bits per heavy atom. The Balaban J connectivity index is 1.65. The van der Waals surface area contributed by atoms with Gasteiger partial charge in [-0.3, -0.25) is 0 Å². The van der Waals surface area contributed by atoms with E-state index in [2.05, 4.69) is 21.3 Å². The third-order valence-electron chi connectivity index (χ3n) is 4.91. The summed E-state index contributed by atoms with van der Waals surface area (Å²) in [6.45, 7) is 3.91. The second kappa shape index (κ2) is 8.73. The normalized spacial score (nSPS) is 18.2. The van der Waals surface area contributed by atoms with E-state index in [1.54, 1.807) is 38.4 Å². The highest BCUT2D eigenvalue weighted by atomic mass is 16.2. The first-order valence-electron chi connectivity index (χ1n) is 9.52. The van der Waals surface area contributed by atoms with Crippen molar-refractivity contribution in [3.8, 4) is 0 Å². The van der Waals surface area contributed by atoms with Gasteiger partial charge in [0.1, 0.15) is 12.3 Å². The third kappa shape index (κ3) is 4.80. The van der Waals surface area contributed by atoms with Crippen molar-refractivity contribution in [1.82, 2.24) is 20.4 Å². The number of benzene rings is 2. The fourth-order valence-corrected chi connectivity index (χ4v) is 3.14. The van der Waals surface area contributed by atoms with Gasteiger partial charge in [-0.2, -0.15) is 0 Å². The minimum Gasteiger partial charge on any atom is -0.314 e. The summed E-state index contributed by atoms with van der Waals surface area (Å²) in [5, 5.41) is 11.0. The lowest BCUT2D eigenvalue weighted by Crippen LogP contribution is -2.57. The van der Waals surface area contributed by atoms with Gasteiger partial charge < -0.3 is 31.1 Å². The molecule has 1 fully saturated rings. The maximum Gasteiger partial charge on any atom is 0.323 e. The predicted molar refractivity (Wildman–Crippen MR) is 115 cm³/mol. The number of carbonyl (C=O) groups excluding carboxylic acids is 3. The number of carbonyl (C=O) groups is 3. The van der Waals surface area contributed by atoms with E-state index in [4.69, 9.17) is 0 Å². The highest BCUT2D eigenvalue weighted by Gasteiger charge is 2.43. The molecule has 2 aromatic rings. The van der Waals surface area contributed by atoms with Crippen LogP contribution in [0.15, 0.2) is 48.5 Å². The van der Waals surface area contributed by atoms with Gasteiger partial charge in [0.25, 0.3) is 0 Å². The molecule has 0 aliphatic carbocycles. The highest BCUT2D eigenvalue weighted by molar-refractivity contribution is 5.92. The fourth-order valence-electron chi connectivity index (χ4n) is 3.14. The number of anilines is 2. The molecule has 1 aliphatic rings. The lowest BCUT2D eigenvalue weighted by molar-refractivity contribution is 0.197. The summed E-state index contributed by atoms with van der Waals surface area (Å²) in [7, 11) is 3.13. The molecule has 2 aromatic carbocycles. The Morgan fingerprint density at radius 3 is 1.37 bits per heavy atom. The molecule has 9 heteroatoms. The van der Waals surface area contributed by atoms with Crippen LogP contribution in [0, 0.1) is 13.8 Å². The standard InChI is InChI=1S/C21H26N6O3/c1-13-5-9-15(10-6-13)22-19(28)24-17-18(27(4)21(30)26(17)3)25-20(29)23-16-11-7-14(2)8-12-16/h5-12,17-18H,1-4H3,(H2,22,24,28)(H2,23,25,29)/t17-,18-/m0/s1. The van der Waals surface area contributed by atoms with Gasteiger partial charge in [0, 0.05) is 25.5 Å². The average molecular weight is 410 g/mol. The fraction of sp³-hybridized carbons (Fsp3) is 0.286. The highest BCUT2D eigenvalue weighted by Crippen LogP contribution is 2.17. The maximum absolute atomic E-state index is 12.5. The van der Waals surface area contributed by atoms with E-state index >= 15 is 0 Å². The lowest BCUT2D eigenvalue weighted by atomic mass is 10.2. The second-order valence-electron chi connectivity index (χ2n) is 7.32. The number of urea groups is 3. The number of likely N-dealkylation sites (N-methyl/N-ethyl adjacent to an activating group) is 2. The molecule has 4 N–H and O–H groups in total. The van der Waals surface area contributed by atoms with Crippen molar-refractivity contribution in [3.63, 3.8) is 0 Å². The van der Waals surface area contributed by atoms with E-state index in [-0.39, 0.29) is 6.03 Å². The third-order valence-corrected chi connectivity index (χ3v) is 4.91. The summed E-state index contributed by atoms with van der Waals surface area (Å²) >= 11 is 0. The molecule has 1 saturated heterocycles. The topological polar surface area (TPSA) is 106 Å². The van der Waals surface area contributed by atoms with Crippen LogP contribution in [0.3, 0.4) is 0 Å². The van der Waals surface area contributed by atoms with Gasteiger partial charge in [0.2, 0.25) is 0 Å². The Bertz CT molecular complexity index is 853. The van der Waals surface area contributed by atoms with Crippen LogP contribution in [-0.4, -0.2) is 54.3 Å². The van der Waals surface area contributed by atoms with Gasteiger partial charge in [-0.1, -0.05) is 35.4 Å². The molecule has 1 heterocycles. The number of aryl methyl sites for hydroxylation is 2. The quantitative estimate of drug-likeness (QED) is 0.623. The maximum atomic E-state index is 12.5. The van der Waals surface area contributed by atoms with E-state index in [0.29, 0.717) is 11.4 Å². The molecule has 0 unspecified atom stereocenters. The van der Waals surface area contributed by atoms with Crippen LogP contribution < -0.4 is 21.3 Å². The lowest BCUT2D eigenvalue weighted by Gasteiger charge is -2.27. The molecule has 1 aliphatic heterocycles. The van der Waals surface area contributed by atoms with Gasteiger partial charge in [-0.05, 0) is 38.1 Å². The van der Waals surface area contributed by atoms with Crippen LogP contribution in [0.1, 0.15) is 11.1 Å². The van der Waals surface area contributed by atoms with Crippen LogP contribution >= 0.6 is 0 Å². The molecule has 0 radical (unpaired) electrons. The molecule has 6 amide bonds. The van der Waals surface area contributed by atoms with Crippen molar-refractivity contribution in [2.75, 3.05) is 24.7 Å². The minimum atomic E-state index is -0.753. The molecular weight excluding hydrogens is 384 g/mol. The van der Waals surface area contributed by atoms with Gasteiger partial charge in [0.05, 0.1) is 0 Å². The van der Waals surface area contributed by atoms with Crippen LogP contribution in [0.25, 0.3) is 0 Å². The van der Waals surface area contributed by atoms with E-state index < -0.39 is 24.4 Å². The van der Waals surface area contributed by atoms with Crippen molar-refractivity contribution < 1.29 is 14.4 Å². The summed E-state index contributed by atoms with van der Waals surface area (Å²) in [4.78, 5) is 40.0. The van der Waals surface area contributed by atoms with E-state index in [0.717, 1.165) is 11.1 Å². The largest absolute Gasteiger partial charge is 0.323 e. The van der Waals surface area contributed by atoms with Gasteiger partial charge in [-0.15, -0.1) is 0 Å². The van der Waals surface area contributed by atoms with Gasteiger partial charge >= 0.3 is 18.1 Å². The zero-order valence-corrected chi connectivity index (χ0v) is 17.4. The molecule has 158 valence electrons. The molecule has 3 rings (SSSR count). The number of nitrogens with zero attached hydrogens (tertiary/aromatic N) is 2. The van der Waals surface area contributed by atoms with Gasteiger partial charge in [-0.25, -0.2) is 14.4 Å². The second-order valence-corrected chi connectivity index (χ2v) is 7.32. The first-order chi connectivity index (χ1) is 14.2. The number of amides is 6. The number of nitrogens with one attached hydrogen (secondary N) is 4. The SMILES string of the molecule is Cc1ccc(NC(=O)N[C@@H]2[C@@H](NC(=O)Nc3ccc(C)cc3)N(C)C(=O)N2C)cc1. The van der Waals surface area contributed by atoms with Crippen molar-refractivity contribution in [2.45, 2.75) is 26.2 Å². The zero-order valence-electron chi connectivity index (χ0n) is 17.4. The molecule has 0 saturated carbocycles. The number of hydrogen-bond acceptors (Lipinski definition) is 3. The van der Waals surface area contributed by atoms with Crippen LogP contribution in [0.5, 0.6) is 0 Å². The van der Waals surface area contributed by atoms with Crippen molar-refractivity contribution in [1.29, 1.82) is 0 Å². The summed E-state index contributed by atoms with van der Waals surface area (Å²) in [5.41, 5.74) is 3.40. The summed E-state index contributed by atoms with van der Waals surface area (Å²) in [6.07, 6.45) is -1.51. The first-order valence-corrected chi connectivity index (χ1v) is 9.52. The Hall–Kier alpha value is -3.75. The summed E-state index contributed by atoms with van der Waals surface area (Å²) in [6, 6.07) is 13.4. The Kier molecular flexibility index (Phi) is 6.10. The predicted octanol–water partition coefficient (Wildman–Crippen LogP) is 2.90. The molecule has 9 nitrogen and oxygen atoms in total. The van der Waals surface area contributed by atoms with Gasteiger partial charge in [0.15, 0.2) is 0 Å². The van der Waals surface area contributed by atoms with E-state index in [1.165, 1.54) is 9.80 Å². The number of rotatable bonds is 4. The van der Waals surface area contributed by atoms with Crippen LogP contribution in [-0.2, 0) is 0 Å². The van der Waals surface area contributed by atoms with Crippen molar-refractivity contribution in [2.24, 2.45) is 0 Å². The molecular formula is C21H26N6O3. The minimum absolute atomic E-state index is 0.323. The Labute approximate surface area is 175 Å². The molecule has 2 atom stereocenters. The molecule has 0 bridgehead atoms. The molecule has 0 aromatic heterocycles. The van der Waals surface area contributed by atoms with Crippen molar-refractivity contribution >= 4 is 29.5 Å². The monoisotopic (exact) mass is 410 g/mol. The number of hydrogen-bond donors (Lipinski definition) is 4. The Morgan fingerprint density at radius 2 is 1.03 bits per heavy atom. The van der Waals surface area contributed by atoms with Crippen LogP contribution in [0.2, 0.25) is 0 Å². The molecule has 0 spiro atoms. The zero-order chi connectivity index (χ0) is 21.8. The van der Waals surface area contributed by atoms with Crippen molar-refractivity contribution in [3.05, 3.63) is 59.7 Å². The average Bonchev–Trinajstić information content (AvgIpc) is 2.90. The summed E-state index contributed by atoms with van der Waals surface area (Å²) < 4.78 is 0. The van der Waals surface area contributed by atoms with E-state index in [1.807, 2.05) is 38.1 Å². The smallest absolute Gasteiger partial charge is 0.314 e. The van der Waals surface area contributed by atoms with Crippen LogP contribution in [0.4, 0.5) is 25.8 Å². The molecule has 30 heavy (non-hydrogen) atoms. The van der Waals surface area contributed by atoms with E-state index in [9.17, 15) is 14.4 Å². The first kappa shape index (κ1) is 21.0. The summed E-state index contributed by atoms with van der Waals surface area (Å²) in [5.74, 6) is 0.